The highest BCUT2D eigenvalue weighted by molar-refractivity contribution is 9.10. The smallest absolute Gasteiger partial charge is 0.262 e. The lowest BCUT2D eigenvalue weighted by Crippen LogP contribution is -2.32. The number of ether oxygens (including phenoxy) is 2. The molecule has 1 saturated heterocycles. The molecule has 2 rings (SSSR count). The SMILES string of the molecule is COc1ccc(/C=C(\C#N)C(=O)NC[C@H]2CCCO2)cc1Br. The molecule has 6 heteroatoms. The Morgan fingerprint density at radius 3 is 3.05 bits per heavy atom. The van der Waals surface area contributed by atoms with Gasteiger partial charge in [-0.25, -0.2) is 0 Å². The van der Waals surface area contributed by atoms with Crippen LogP contribution >= 0.6 is 15.9 Å². The lowest BCUT2D eigenvalue weighted by Gasteiger charge is -2.10. The van der Waals surface area contributed by atoms with Crippen molar-refractivity contribution in [3.63, 3.8) is 0 Å². The summed E-state index contributed by atoms with van der Waals surface area (Å²) in [5.41, 5.74) is 0.812. The standard InChI is InChI=1S/C16H17BrN2O3/c1-21-15-5-4-11(8-14(15)17)7-12(9-18)16(20)19-10-13-3-2-6-22-13/h4-5,7-8,13H,2-3,6,10H2,1H3,(H,19,20)/b12-7+/t13-/m1/s1. The Morgan fingerprint density at radius 1 is 1.64 bits per heavy atom. The van der Waals surface area contributed by atoms with E-state index < -0.39 is 0 Å². The number of amides is 1. The zero-order valence-electron chi connectivity index (χ0n) is 12.3. The third-order valence-electron chi connectivity index (χ3n) is 3.37. The van der Waals surface area contributed by atoms with Gasteiger partial charge in [-0.15, -0.1) is 0 Å². The van der Waals surface area contributed by atoms with Crippen LogP contribution in [0.1, 0.15) is 18.4 Å². The van der Waals surface area contributed by atoms with Gasteiger partial charge in [-0.3, -0.25) is 4.79 Å². The van der Waals surface area contributed by atoms with Crippen LogP contribution in [0, 0.1) is 11.3 Å². The van der Waals surface area contributed by atoms with Gasteiger partial charge < -0.3 is 14.8 Å². The molecular formula is C16H17BrN2O3. The average Bonchev–Trinajstić information content (AvgIpc) is 3.04. The van der Waals surface area contributed by atoms with Crippen LogP contribution < -0.4 is 10.1 Å². The Balaban J connectivity index is 2.04. The molecule has 0 unspecified atom stereocenters. The summed E-state index contributed by atoms with van der Waals surface area (Å²) in [5.74, 6) is 0.309. The summed E-state index contributed by atoms with van der Waals surface area (Å²) in [7, 11) is 1.58. The molecule has 1 N–H and O–H groups in total. The number of carbonyl (C=O) groups is 1. The summed E-state index contributed by atoms with van der Waals surface area (Å²) in [6, 6.07) is 7.29. The van der Waals surface area contributed by atoms with Crippen LogP contribution in [0.15, 0.2) is 28.2 Å². The van der Waals surface area contributed by atoms with Crippen molar-refractivity contribution in [1.29, 1.82) is 5.26 Å². The van der Waals surface area contributed by atoms with Crippen LogP contribution in [0.2, 0.25) is 0 Å². The molecule has 5 nitrogen and oxygen atoms in total. The van der Waals surface area contributed by atoms with Crippen molar-refractivity contribution in [3.8, 4) is 11.8 Å². The van der Waals surface area contributed by atoms with Crippen LogP contribution in [-0.2, 0) is 9.53 Å². The molecule has 1 aliphatic heterocycles. The van der Waals surface area contributed by atoms with Crippen molar-refractivity contribution >= 4 is 27.9 Å². The minimum Gasteiger partial charge on any atom is -0.496 e. The van der Waals surface area contributed by atoms with Crippen molar-refractivity contribution in [2.45, 2.75) is 18.9 Å². The third kappa shape index (κ3) is 4.33. The minimum absolute atomic E-state index is 0.0547. The summed E-state index contributed by atoms with van der Waals surface area (Å²) in [4.78, 5) is 12.0. The van der Waals surface area contributed by atoms with Crippen molar-refractivity contribution in [1.82, 2.24) is 5.32 Å². The number of benzene rings is 1. The summed E-state index contributed by atoms with van der Waals surface area (Å²) >= 11 is 3.38. The fourth-order valence-corrected chi connectivity index (χ4v) is 2.75. The number of nitrogens with one attached hydrogen (secondary N) is 1. The van der Waals surface area contributed by atoms with E-state index in [0.717, 1.165) is 29.5 Å². The maximum absolute atomic E-state index is 12.0. The fraction of sp³-hybridized carbons (Fsp3) is 0.375. The molecular weight excluding hydrogens is 348 g/mol. The Hall–Kier alpha value is -1.84. The van der Waals surface area contributed by atoms with Gasteiger partial charge in [0.05, 0.1) is 17.7 Å². The molecule has 1 fully saturated rings. The van der Waals surface area contributed by atoms with E-state index in [-0.39, 0.29) is 17.6 Å². The molecule has 1 amide bonds. The molecule has 0 aliphatic carbocycles. The van der Waals surface area contributed by atoms with Crippen molar-refractivity contribution in [2.75, 3.05) is 20.3 Å². The van der Waals surface area contributed by atoms with Gasteiger partial charge in [0.25, 0.3) is 5.91 Å². The van der Waals surface area contributed by atoms with Crippen LogP contribution in [0.5, 0.6) is 5.75 Å². The number of rotatable bonds is 5. The maximum atomic E-state index is 12.0. The van der Waals surface area contributed by atoms with Crippen molar-refractivity contribution < 1.29 is 14.3 Å². The van der Waals surface area contributed by atoms with E-state index in [1.165, 1.54) is 0 Å². The first kappa shape index (κ1) is 16.5. The Bertz CT molecular complexity index is 616. The monoisotopic (exact) mass is 364 g/mol. The summed E-state index contributed by atoms with van der Waals surface area (Å²) < 4.78 is 11.4. The quantitative estimate of drug-likeness (QED) is 0.643. The van der Waals surface area contributed by atoms with Gasteiger partial charge in [-0.2, -0.15) is 5.26 Å². The number of carbonyl (C=O) groups excluding carboxylic acids is 1. The number of hydrogen-bond acceptors (Lipinski definition) is 4. The zero-order chi connectivity index (χ0) is 15.9. The Kier molecular flexibility index (Phi) is 5.99. The lowest BCUT2D eigenvalue weighted by atomic mass is 10.1. The van der Waals surface area contributed by atoms with Crippen LogP contribution in [-0.4, -0.2) is 32.3 Å². The Morgan fingerprint density at radius 2 is 2.45 bits per heavy atom. The second kappa shape index (κ2) is 7.97. The molecule has 22 heavy (non-hydrogen) atoms. The minimum atomic E-state index is -0.384. The van der Waals surface area contributed by atoms with E-state index in [1.807, 2.05) is 6.07 Å². The van der Waals surface area contributed by atoms with E-state index in [2.05, 4.69) is 21.2 Å². The van der Waals surface area contributed by atoms with Crippen LogP contribution in [0.25, 0.3) is 6.08 Å². The van der Waals surface area contributed by atoms with Gasteiger partial charge in [-0.1, -0.05) is 6.07 Å². The van der Waals surface area contributed by atoms with Crippen molar-refractivity contribution in [3.05, 3.63) is 33.8 Å². The number of nitrogens with zero attached hydrogens (tertiary/aromatic N) is 1. The van der Waals surface area contributed by atoms with E-state index in [1.54, 1.807) is 31.4 Å². The number of halogens is 1. The molecule has 0 radical (unpaired) electrons. The summed E-state index contributed by atoms with van der Waals surface area (Å²) in [6.45, 7) is 1.17. The molecule has 1 heterocycles. The molecule has 0 aromatic heterocycles. The summed E-state index contributed by atoms with van der Waals surface area (Å²) in [5, 5.41) is 11.9. The number of hydrogen-bond donors (Lipinski definition) is 1. The zero-order valence-corrected chi connectivity index (χ0v) is 13.9. The molecule has 0 spiro atoms. The number of nitriles is 1. The van der Waals surface area contributed by atoms with Gasteiger partial charge >= 0.3 is 0 Å². The van der Waals surface area contributed by atoms with Gasteiger partial charge in [0, 0.05) is 13.2 Å². The normalized spacial score (nSPS) is 17.9. The lowest BCUT2D eigenvalue weighted by molar-refractivity contribution is -0.117. The maximum Gasteiger partial charge on any atom is 0.262 e. The van der Waals surface area contributed by atoms with Crippen LogP contribution in [0.3, 0.4) is 0 Å². The van der Waals surface area contributed by atoms with E-state index in [4.69, 9.17) is 9.47 Å². The third-order valence-corrected chi connectivity index (χ3v) is 3.99. The molecule has 0 saturated carbocycles. The second-order valence-electron chi connectivity index (χ2n) is 4.91. The molecule has 1 aromatic carbocycles. The predicted octanol–water partition coefficient (Wildman–Crippen LogP) is 2.66. The predicted molar refractivity (Wildman–Crippen MR) is 86.3 cm³/mol. The molecule has 1 atom stereocenters. The highest BCUT2D eigenvalue weighted by atomic mass is 79.9. The van der Waals surface area contributed by atoms with Gasteiger partial charge in [0.1, 0.15) is 17.4 Å². The van der Waals surface area contributed by atoms with E-state index in [9.17, 15) is 10.1 Å². The van der Waals surface area contributed by atoms with E-state index >= 15 is 0 Å². The Labute approximate surface area is 138 Å². The molecule has 1 aromatic rings. The summed E-state index contributed by atoms with van der Waals surface area (Å²) in [6.07, 6.45) is 3.56. The molecule has 116 valence electrons. The second-order valence-corrected chi connectivity index (χ2v) is 5.76. The first-order chi connectivity index (χ1) is 10.6. The van der Waals surface area contributed by atoms with Gasteiger partial charge in [0.15, 0.2) is 0 Å². The van der Waals surface area contributed by atoms with Crippen molar-refractivity contribution in [2.24, 2.45) is 0 Å². The topological polar surface area (TPSA) is 71.3 Å². The fourth-order valence-electron chi connectivity index (χ4n) is 2.19. The largest absolute Gasteiger partial charge is 0.496 e. The first-order valence-corrected chi connectivity index (χ1v) is 7.78. The molecule has 1 aliphatic rings. The molecule has 0 bridgehead atoms. The number of methoxy groups -OCH3 is 1. The first-order valence-electron chi connectivity index (χ1n) is 6.99. The average molecular weight is 365 g/mol. The van der Waals surface area contributed by atoms with Crippen LogP contribution in [0.4, 0.5) is 0 Å². The highest BCUT2D eigenvalue weighted by Gasteiger charge is 2.17. The highest BCUT2D eigenvalue weighted by Crippen LogP contribution is 2.26. The van der Waals surface area contributed by atoms with E-state index in [0.29, 0.717) is 12.3 Å². The van der Waals surface area contributed by atoms with Gasteiger partial charge in [0.2, 0.25) is 0 Å². The van der Waals surface area contributed by atoms with Gasteiger partial charge in [-0.05, 0) is 52.5 Å².